The van der Waals surface area contributed by atoms with E-state index in [1.807, 2.05) is 0 Å². The van der Waals surface area contributed by atoms with Gasteiger partial charge in [0, 0.05) is 44.6 Å². The smallest absolute Gasteiger partial charge is 0.297 e. The first-order valence-electron chi connectivity index (χ1n) is 30.9. The highest BCUT2D eigenvalue weighted by atomic mass is 16.3. The Kier molecular flexibility index (Phi) is 10.3. The van der Waals surface area contributed by atoms with Gasteiger partial charge >= 0.3 is 0 Å². The maximum absolute atomic E-state index is 7.90. The maximum atomic E-state index is 7.90. The van der Waals surface area contributed by atoms with Crippen molar-refractivity contribution in [3.8, 4) is 11.1 Å². The van der Waals surface area contributed by atoms with E-state index >= 15 is 0 Å². The summed E-state index contributed by atoms with van der Waals surface area (Å²) in [6.07, 6.45) is 9.19. The molecule has 0 radical (unpaired) electrons. The lowest BCUT2D eigenvalue weighted by molar-refractivity contribution is 0.332. The standard InChI is InChI=1S/C76H83BN2O2/c1-69(2)28-30-71(5,6)52-38-45(24-26-50(52)69)78-59-42-56-55(74(11,12)33-34-75(56,13)14)41-58(59)77-66-60(78)36-44(47-21-19-23-63-65(47)48-20-17-18-22-62(48)80-63)37-61(66)79(46-25-27-51-53(39-46)72(7,8)31-29-70(51,3)4)67-49-40-54-57(43-64(49)81-68(67)77)76(15,16)35-32-73(54,9)10/h17-27,36-43H,28-35H2,1-16H3. The quantitative estimate of drug-likeness (QED) is 0.165. The summed E-state index contributed by atoms with van der Waals surface area (Å²) >= 11 is 0. The van der Waals surface area contributed by atoms with Crippen molar-refractivity contribution in [1.82, 2.24) is 0 Å². The molecule has 0 fully saturated rings. The third-order valence-electron chi connectivity index (χ3n) is 22.5. The molecule has 15 rings (SSSR count). The topological polar surface area (TPSA) is 32.8 Å². The second-order valence-electron chi connectivity index (χ2n) is 31.5. The van der Waals surface area contributed by atoms with Gasteiger partial charge in [0.2, 0.25) is 0 Å². The number of benzene rings is 7. The van der Waals surface area contributed by atoms with Crippen LogP contribution in [0.5, 0.6) is 0 Å². The monoisotopic (exact) mass is 1070 g/mol. The largest absolute Gasteiger partial charge is 0.468 e. The summed E-state index contributed by atoms with van der Waals surface area (Å²) in [6.45, 7) is 39.4. The van der Waals surface area contributed by atoms with Gasteiger partial charge in [-0.2, -0.15) is 0 Å². The molecule has 5 heteroatoms. The number of furan rings is 2. The first-order valence-corrected chi connectivity index (χ1v) is 30.9. The van der Waals surface area contributed by atoms with Crippen LogP contribution in [0.4, 0.5) is 34.1 Å². The van der Waals surface area contributed by atoms with E-state index in [0.29, 0.717) is 0 Å². The number of nitrogens with zero attached hydrogens (tertiary/aromatic N) is 2. The molecule has 9 aromatic rings. The van der Waals surface area contributed by atoms with Gasteiger partial charge < -0.3 is 18.6 Å². The van der Waals surface area contributed by atoms with E-state index in [1.54, 1.807) is 0 Å². The van der Waals surface area contributed by atoms with Gasteiger partial charge in [0.15, 0.2) is 0 Å². The molecule has 0 saturated carbocycles. The van der Waals surface area contributed by atoms with Crippen molar-refractivity contribution >= 4 is 90.3 Å². The van der Waals surface area contributed by atoms with Gasteiger partial charge in [-0.1, -0.05) is 159 Å². The van der Waals surface area contributed by atoms with Crippen molar-refractivity contribution in [2.75, 3.05) is 9.80 Å². The number of fused-ring (bicyclic) bond motifs is 13. The Morgan fingerprint density at radius 2 is 0.815 bits per heavy atom. The third kappa shape index (κ3) is 7.21. The van der Waals surface area contributed by atoms with E-state index in [-0.39, 0.29) is 50.0 Å². The van der Waals surface area contributed by atoms with Gasteiger partial charge in [-0.05, 0) is 228 Å². The number of hydrogen-bond donors (Lipinski definition) is 0. The van der Waals surface area contributed by atoms with Crippen molar-refractivity contribution in [2.45, 2.75) is 205 Å². The van der Waals surface area contributed by atoms with Gasteiger partial charge in [0.25, 0.3) is 6.71 Å². The van der Waals surface area contributed by atoms with E-state index in [4.69, 9.17) is 8.83 Å². The molecule has 6 aliphatic rings. The van der Waals surface area contributed by atoms with Gasteiger partial charge in [0.05, 0.1) is 11.3 Å². The average molecular weight is 1070 g/mol. The molecule has 2 aliphatic heterocycles. The summed E-state index contributed by atoms with van der Waals surface area (Å²) in [5.41, 5.74) is 28.0. The van der Waals surface area contributed by atoms with E-state index in [2.05, 4.69) is 236 Å². The molecule has 4 nitrogen and oxygen atoms in total. The van der Waals surface area contributed by atoms with Crippen LogP contribution >= 0.6 is 0 Å². The lowest BCUT2D eigenvalue weighted by Crippen LogP contribution is -2.61. The Balaban J connectivity index is 1.13. The van der Waals surface area contributed by atoms with Gasteiger partial charge in [-0.3, -0.25) is 0 Å². The maximum Gasteiger partial charge on any atom is 0.297 e. The van der Waals surface area contributed by atoms with Crippen LogP contribution in [0.1, 0.15) is 207 Å². The van der Waals surface area contributed by atoms with Crippen LogP contribution in [-0.2, 0) is 43.3 Å². The van der Waals surface area contributed by atoms with Crippen molar-refractivity contribution in [1.29, 1.82) is 0 Å². The van der Waals surface area contributed by atoms with Crippen LogP contribution < -0.4 is 26.4 Å². The van der Waals surface area contributed by atoms with Crippen molar-refractivity contribution in [2.24, 2.45) is 0 Å². The summed E-state index contributed by atoms with van der Waals surface area (Å²) in [6, 6.07) is 46.0. The highest BCUT2D eigenvalue weighted by Gasteiger charge is 2.51. The summed E-state index contributed by atoms with van der Waals surface area (Å²) in [4.78, 5) is 5.40. The van der Waals surface area contributed by atoms with E-state index in [0.717, 1.165) is 71.7 Å². The predicted octanol–water partition coefficient (Wildman–Crippen LogP) is 19.5. The zero-order valence-corrected chi connectivity index (χ0v) is 51.4. The SMILES string of the molecule is CC1(C)CCC(C)(C)c2cc(N3c4cc5c(cc4B4c6oc7cc8c(cc7c6N(c6ccc7c(c6)C(C)(C)CCC7(C)C)c6cc(-c7cccc9oc%10ccccc%10c79)cc3c64)C(C)(C)CCC8(C)C)C(C)(C)CCC5(C)C)ccc21. The minimum Gasteiger partial charge on any atom is -0.468 e. The van der Waals surface area contributed by atoms with Crippen LogP contribution in [0.15, 0.2) is 124 Å². The molecule has 4 aliphatic carbocycles. The molecule has 0 unspecified atom stereocenters. The molecule has 7 aromatic carbocycles. The van der Waals surface area contributed by atoms with Crippen LogP contribution in [-0.4, -0.2) is 6.71 Å². The van der Waals surface area contributed by atoms with Crippen LogP contribution in [0.2, 0.25) is 0 Å². The second-order valence-corrected chi connectivity index (χ2v) is 31.5. The predicted molar refractivity (Wildman–Crippen MR) is 344 cm³/mol. The normalized spacial score (nSPS) is 21.4. The molecule has 4 heterocycles. The van der Waals surface area contributed by atoms with Gasteiger partial charge in [0.1, 0.15) is 16.7 Å². The van der Waals surface area contributed by atoms with Gasteiger partial charge in [-0.25, -0.2) is 0 Å². The minimum atomic E-state index is -0.190. The third-order valence-corrected chi connectivity index (χ3v) is 22.5. The lowest BCUT2D eigenvalue weighted by Gasteiger charge is -2.47. The Labute approximate surface area is 482 Å². The molecular weight excluding hydrogens is 984 g/mol. The number of hydrogen-bond acceptors (Lipinski definition) is 4. The zero-order valence-electron chi connectivity index (χ0n) is 51.4. The fraction of sp³-hybridized carbons (Fsp3) is 0.421. The summed E-state index contributed by atoms with van der Waals surface area (Å²) in [5.74, 6) is 0. The molecule has 0 spiro atoms. The van der Waals surface area contributed by atoms with Crippen molar-refractivity contribution < 1.29 is 8.83 Å². The molecule has 0 atom stereocenters. The fourth-order valence-electron chi connectivity index (χ4n) is 16.7. The minimum absolute atomic E-state index is 0.00137. The second kappa shape index (κ2) is 16.2. The van der Waals surface area contributed by atoms with Gasteiger partial charge in [-0.15, -0.1) is 0 Å². The van der Waals surface area contributed by atoms with E-state index < -0.39 is 0 Å². The Morgan fingerprint density at radius 1 is 0.358 bits per heavy atom. The number of anilines is 6. The summed E-state index contributed by atoms with van der Waals surface area (Å²) in [7, 11) is 0. The number of rotatable bonds is 3. The molecule has 0 saturated heterocycles. The Morgan fingerprint density at radius 3 is 1.38 bits per heavy atom. The van der Waals surface area contributed by atoms with Crippen molar-refractivity contribution in [3.05, 3.63) is 160 Å². The highest BCUT2D eigenvalue weighted by molar-refractivity contribution is 7.00. The Bertz CT molecular complexity index is 4220. The highest BCUT2D eigenvalue weighted by Crippen LogP contribution is 2.57. The molecule has 0 bridgehead atoms. The molecule has 0 N–H and O–H groups in total. The molecule has 2 aromatic heterocycles. The lowest BCUT2D eigenvalue weighted by atomic mass is 9.35. The summed E-state index contributed by atoms with van der Waals surface area (Å²) in [5, 5.41) is 3.50. The van der Waals surface area contributed by atoms with E-state index in [9.17, 15) is 0 Å². The Hall–Kier alpha value is -6.46. The fourth-order valence-corrected chi connectivity index (χ4v) is 16.7. The molecule has 412 valence electrons. The summed E-state index contributed by atoms with van der Waals surface area (Å²) < 4.78 is 14.6. The average Bonchev–Trinajstić information content (AvgIpc) is 4.25. The van der Waals surface area contributed by atoms with E-state index in [1.165, 1.54) is 119 Å². The van der Waals surface area contributed by atoms with Crippen LogP contribution in [0.3, 0.4) is 0 Å². The first kappa shape index (κ1) is 51.4. The van der Waals surface area contributed by atoms with Crippen molar-refractivity contribution in [3.63, 3.8) is 0 Å². The molecule has 0 amide bonds. The zero-order chi connectivity index (χ0) is 56.7. The number of para-hydroxylation sites is 1. The molecule has 81 heavy (non-hydrogen) atoms. The van der Waals surface area contributed by atoms with Crippen LogP contribution in [0, 0.1) is 0 Å². The first-order chi connectivity index (χ1) is 38.1. The van der Waals surface area contributed by atoms with Crippen LogP contribution in [0.25, 0.3) is 44.0 Å². The molecular formula is C76H83BN2O2.